The highest BCUT2D eigenvalue weighted by Crippen LogP contribution is 2.25. The molecular formula is C16H24N2O2. The van der Waals surface area contributed by atoms with Gasteiger partial charge in [-0.25, -0.2) is 0 Å². The molecule has 1 fully saturated rings. The Morgan fingerprint density at radius 2 is 2.20 bits per heavy atom. The van der Waals surface area contributed by atoms with Crippen molar-refractivity contribution in [3.05, 3.63) is 29.6 Å². The molecule has 0 saturated heterocycles. The fourth-order valence-electron chi connectivity index (χ4n) is 2.61. The summed E-state index contributed by atoms with van der Waals surface area (Å²) in [5.41, 5.74) is 1.51. The van der Waals surface area contributed by atoms with Crippen LogP contribution >= 0.6 is 0 Å². The molecule has 2 rings (SSSR count). The van der Waals surface area contributed by atoms with Gasteiger partial charge in [0.05, 0.1) is 18.3 Å². The van der Waals surface area contributed by atoms with Gasteiger partial charge in [0.15, 0.2) is 0 Å². The number of carbonyl (C=O) groups excluding carboxylic acids is 1. The molecular weight excluding hydrogens is 252 g/mol. The predicted octanol–water partition coefficient (Wildman–Crippen LogP) is 2.72. The number of hydrogen-bond acceptors (Lipinski definition) is 3. The standard InChI is InChI=1S/C16H24N2O2/c1-12-5-3-4-6-15(12)20-10-9-17-16(19)14-8-7-13(2)18-11-14/h7-8,11-12,15H,3-6,9-10H2,1-2H3,(H,17,19)/t12-,15-/m1/s1. The van der Waals surface area contributed by atoms with Crippen molar-refractivity contribution in [1.82, 2.24) is 10.3 Å². The number of amides is 1. The van der Waals surface area contributed by atoms with E-state index in [2.05, 4.69) is 17.2 Å². The zero-order chi connectivity index (χ0) is 14.4. The summed E-state index contributed by atoms with van der Waals surface area (Å²) >= 11 is 0. The van der Waals surface area contributed by atoms with Crippen molar-refractivity contribution < 1.29 is 9.53 Å². The van der Waals surface area contributed by atoms with Crippen LogP contribution in [0.15, 0.2) is 18.3 Å². The molecule has 0 spiro atoms. The van der Waals surface area contributed by atoms with Crippen LogP contribution in [0.1, 0.15) is 48.7 Å². The van der Waals surface area contributed by atoms with Crippen LogP contribution in [-0.2, 0) is 4.74 Å². The van der Waals surface area contributed by atoms with Crippen LogP contribution in [0, 0.1) is 12.8 Å². The molecule has 2 atom stereocenters. The van der Waals surface area contributed by atoms with Gasteiger partial charge in [-0.1, -0.05) is 19.8 Å². The molecule has 20 heavy (non-hydrogen) atoms. The summed E-state index contributed by atoms with van der Waals surface area (Å²) in [7, 11) is 0. The molecule has 0 bridgehead atoms. The van der Waals surface area contributed by atoms with Gasteiger partial charge in [-0.15, -0.1) is 0 Å². The van der Waals surface area contributed by atoms with Crippen molar-refractivity contribution in [1.29, 1.82) is 0 Å². The summed E-state index contributed by atoms with van der Waals surface area (Å²) < 4.78 is 5.87. The summed E-state index contributed by atoms with van der Waals surface area (Å²) in [6, 6.07) is 3.64. The number of nitrogens with zero attached hydrogens (tertiary/aromatic N) is 1. The minimum absolute atomic E-state index is 0.0854. The highest BCUT2D eigenvalue weighted by molar-refractivity contribution is 5.93. The smallest absolute Gasteiger partial charge is 0.252 e. The third kappa shape index (κ3) is 4.30. The van der Waals surface area contributed by atoms with Gasteiger partial charge < -0.3 is 10.1 Å². The Morgan fingerprint density at radius 3 is 2.90 bits per heavy atom. The van der Waals surface area contributed by atoms with Crippen LogP contribution in [-0.4, -0.2) is 30.1 Å². The normalized spacial score (nSPS) is 22.5. The van der Waals surface area contributed by atoms with Crippen molar-refractivity contribution in [3.63, 3.8) is 0 Å². The first-order chi connectivity index (χ1) is 9.66. The summed E-state index contributed by atoms with van der Waals surface area (Å²) in [6.45, 7) is 5.29. The molecule has 1 aliphatic rings. The summed E-state index contributed by atoms with van der Waals surface area (Å²) in [5.74, 6) is 0.554. The summed E-state index contributed by atoms with van der Waals surface area (Å²) in [4.78, 5) is 16.0. The molecule has 1 aromatic rings. The van der Waals surface area contributed by atoms with Gasteiger partial charge in [0.1, 0.15) is 0 Å². The van der Waals surface area contributed by atoms with Gasteiger partial charge in [-0.05, 0) is 37.8 Å². The number of rotatable bonds is 5. The average Bonchev–Trinajstić information content (AvgIpc) is 2.46. The molecule has 1 amide bonds. The Hall–Kier alpha value is -1.42. The van der Waals surface area contributed by atoms with Crippen LogP contribution in [0.3, 0.4) is 0 Å². The Bertz CT molecular complexity index is 431. The van der Waals surface area contributed by atoms with E-state index in [0.717, 1.165) is 12.1 Å². The minimum atomic E-state index is -0.0854. The molecule has 1 saturated carbocycles. The van der Waals surface area contributed by atoms with E-state index in [4.69, 9.17) is 4.74 Å². The van der Waals surface area contributed by atoms with Gasteiger partial charge in [-0.3, -0.25) is 9.78 Å². The molecule has 1 N–H and O–H groups in total. The fraction of sp³-hybridized carbons (Fsp3) is 0.625. The molecule has 4 heteroatoms. The first-order valence-corrected chi connectivity index (χ1v) is 7.49. The summed E-state index contributed by atoms with van der Waals surface area (Å²) in [6.07, 6.45) is 6.95. The molecule has 1 aliphatic carbocycles. The average molecular weight is 276 g/mol. The second kappa shape index (κ2) is 7.39. The lowest BCUT2D eigenvalue weighted by atomic mass is 9.88. The topological polar surface area (TPSA) is 51.2 Å². The molecule has 110 valence electrons. The van der Waals surface area contributed by atoms with E-state index in [1.807, 2.05) is 13.0 Å². The van der Waals surface area contributed by atoms with E-state index in [1.54, 1.807) is 12.3 Å². The molecule has 0 radical (unpaired) electrons. The van der Waals surface area contributed by atoms with Crippen LogP contribution in [0.4, 0.5) is 0 Å². The first kappa shape index (κ1) is 15.0. The lowest BCUT2D eigenvalue weighted by molar-refractivity contribution is -0.00294. The maximum Gasteiger partial charge on any atom is 0.252 e. The van der Waals surface area contributed by atoms with E-state index < -0.39 is 0 Å². The number of hydrogen-bond donors (Lipinski definition) is 1. The predicted molar refractivity (Wildman–Crippen MR) is 78.7 cm³/mol. The van der Waals surface area contributed by atoms with Gasteiger partial charge >= 0.3 is 0 Å². The van der Waals surface area contributed by atoms with Crippen molar-refractivity contribution in [2.24, 2.45) is 5.92 Å². The van der Waals surface area contributed by atoms with Gasteiger partial charge in [0.2, 0.25) is 0 Å². The second-order valence-electron chi connectivity index (χ2n) is 5.62. The number of pyridine rings is 1. The minimum Gasteiger partial charge on any atom is -0.376 e. The van der Waals surface area contributed by atoms with Crippen molar-refractivity contribution in [2.75, 3.05) is 13.2 Å². The number of carbonyl (C=O) groups is 1. The van der Waals surface area contributed by atoms with Crippen molar-refractivity contribution in [2.45, 2.75) is 45.6 Å². The molecule has 0 unspecified atom stereocenters. The van der Waals surface area contributed by atoms with Crippen LogP contribution in [0.5, 0.6) is 0 Å². The Morgan fingerprint density at radius 1 is 1.40 bits per heavy atom. The van der Waals surface area contributed by atoms with Crippen LogP contribution < -0.4 is 5.32 Å². The van der Waals surface area contributed by atoms with E-state index in [9.17, 15) is 4.79 Å². The summed E-state index contributed by atoms with van der Waals surface area (Å²) in [5, 5.41) is 2.87. The largest absolute Gasteiger partial charge is 0.376 e. The van der Waals surface area contributed by atoms with E-state index in [0.29, 0.717) is 30.7 Å². The molecule has 1 heterocycles. The Labute approximate surface area is 120 Å². The van der Waals surface area contributed by atoms with E-state index in [-0.39, 0.29) is 5.91 Å². The highest BCUT2D eigenvalue weighted by atomic mass is 16.5. The maximum atomic E-state index is 11.9. The number of aromatic nitrogens is 1. The zero-order valence-electron chi connectivity index (χ0n) is 12.4. The Balaban J connectivity index is 1.67. The highest BCUT2D eigenvalue weighted by Gasteiger charge is 2.21. The molecule has 0 aromatic carbocycles. The number of nitrogens with one attached hydrogen (secondary N) is 1. The lowest BCUT2D eigenvalue weighted by Crippen LogP contribution is -2.31. The number of ether oxygens (including phenoxy) is 1. The van der Waals surface area contributed by atoms with Gasteiger partial charge in [0.25, 0.3) is 5.91 Å². The van der Waals surface area contributed by atoms with Crippen molar-refractivity contribution >= 4 is 5.91 Å². The third-order valence-corrected chi connectivity index (χ3v) is 3.93. The van der Waals surface area contributed by atoms with Crippen LogP contribution in [0.25, 0.3) is 0 Å². The molecule has 4 nitrogen and oxygen atoms in total. The second-order valence-corrected chi connectivity index (χ2v) is 5.62. The van der Waals surface area contributed by atoms with Crippen molar-refractivity contribution in [3.8, 4) is 0 Å². The lowest BCUT2D eigenvalue weighted by Gasteiger charge is -2.28. The fourth-order valence-corrected chi connectivity index (χ4v) is 2.61. The molecule has 0 aliphatic heterocycles. The van der Waals surface area contributed by atoms with Crippen LogP contribution in [0.2, 0.25) is 0 Å². The quantitative estimate of drug-likeness (QED) is 0.841. The maximum absolute atomic E-state index is 11.9. The SMILES string of the molecule is Cc1ccc(C(=O)NCCO[C@@H]2CCCC[C@H]2C)cn1. The number of aryl methyl sites for hydroxylation is 1. The van der Waals surface area contributed by atoms with Gasteiger partial charge in [-0.2, -0.15) is 0 Å². The zero-order valence-corrected chi connectivity index (χ0v) is 12.4. The third-order valence-electron chi connectivity index (χ3n) is 3.93. The Kier molecular flexibility index (Phi) is 5.53. The molecule has 1 aromatic heterocycles. The monoisotopic (exact) mass is 276 g/mol. The first-order valence-electron chi connectivity index (χ1n) is 7.49. The van der Waals surface area contributed by atoms with E-state index >= 15 is 0 Å². The van der Waals surface area contributed by atoms with E-state index in [1.165, 1.54) is 19.3 Å². The van der Waals surface area contributed by atoms with Gasteiger partial charge in [0, 0.05) is 18.4 Å².